The van der Waals surface area contributed by atoms with Gasteiger partial charge in [0, 0.05) is 22.6 Å². The molecule has 120 valence electrons. The molecule has 0 saturated heterocycles. The molecule has 0 bridgehead atoms. The molecule has 0 amide bonds. The number of thioether (sulfide) groups is 1. The summed E-state index contributed by atoms with van der Waals surface area (Å²) in [7, 11) is 0. The Morgan fingerprint density at radius 3 is 2.79 bits per heavy atom. The van der Waals surface area contributed by atoms with Gasteiger partial charge in [0.25, 0.3) is 0 Å². The fraction of sp³-hybridized carbons (Fsp3) is 0.118. The first-order chi connectivity index (χ1) is 11.8. The minimum atomic E-state index is 0.764. The van der Waals surface area contributed by atoms with Crippen LogP contribution in [0.15, 0.2) is 52.4 Å². The van der Waals surface area contributed by atoms with Gasteiger partial charge < -0.3 is 0 Å². The fourth-order valence-corrected chi connectivity index (χ4v) is 5.18. The van der Waals surface area contributed by atoms with E-state index >= 15 is 0 Å². The second-order valence-electron chi connectivity index (χ2n) is 5.14. The van der Waals surface area contributed by atoms with Crippen LogP contribution < -0.4 is 0 Å². The molecule has 0 fully saturated rings. The van der Waals surface area contributed by atoms with Gasteiger partial charge in [-0.15, -0.1) is 22.7 Å². The second kappa shape index (κ2) is 7.19. The van der Waals surface area contributed by atoms with Crippen molar-refractivity contribution in [1.82, 2.24) is 15.0 Å². The van der Waals surface area contributed by atoms with E-state index < -0.39 is 0 Å². The highest BCUT2D eigenvalue weighted by Gasteiger charge is 2.08. The maximum Gasteiger partial charge on any atom is 0.118 e. The van der Waals surface area contributed by atoms with Crippen LogP contribution in [-0.2, 0) is 12.2 Å². The maximum atomic E-state index is 5.93. The minimum Gasteiger partial charge on any atom is -0.245 e. The Balaban J connectivity index is 1.43. The van der Waals surface area contributed by atoms with Crippen molar-refractivity contribution in [2.75, 3.05) is 0 Å². The summed E-state index contributed by atoms with van der Waals surface area (Å²) in [4.78, 5) is 13.4. The summed E-state index contributed by atoms with van der Waals surface area (Å²) < 4.78 is 1.15. The Labute approximate surface area is 156 Å². The first-order valence-corrected chi connectivity index (χ1v) is 10.4. The predicted molar refractivity (Wildman–Crippen MR) is 103 cm³/mol. The largest absolute Gasteiger partial charge is 0.245 e. The van der Waals surface area contributed by atoms with Crippen LogP contribution in [0, 0.1) is 0 Å². The van der Waals surface area contributed by atoms with E-state index in [9.17, 15) is 0 Å². The Hall–Kier alpha value is -1.47. The van der Waals surface area contributed by atoms with E-state index in [1.54, 1.807) is 40.8 Å². The summed E-state index contributed by atoms with van der Waals surface area (Å²) in [5, 5.41) is 7.10. The smallest absolute Gasteiger partial charge is 0.118 e. The maximum absolute atomic E-state index is 5.93. The summed E-state index contributed by atoms with van der Waals surface area (Å²) in [6.07, 6.45) is 2.47. The summed E-state index contributed by atoms with van der Waals surface area (Å²) in [6, 6.07) is 9.96. The number of hydrogen-bond donors (Lipinski definition) is 0. The molecular formula is C17H12ClN3S3. The average Bonchev–Trinajstić information content (AvgIpc) is 3.24. The lowest BCUT2D eigenvalue weighted by molar-refractivity contribution is 1.08. The molecule has 0 N–H and O–H groups in total. The van der Waals surface area contributed by atoms with Crippen LogP contribution in [0.1, 0.15) is 16.3 Å². The zero-order valence-electron chi connectivity index (χ0n) is 12.5. The van der Waals surface area contributed by atoms with Crippen molar-refractivity contribution in [1.29, 1.82) is 0 Å². The van der Waals surface area contributed by atoms with E-state index in [0.717, 1.165) is 43.1 Å². The molecule has 7 heteroatoms. The molecular weight excluding hydrogens is 378 g/mol. The minimum absolute atomic E-state index is 0.764. The van der Waals surface area contributed by atoms with Gasteiger partial charge in [0.05, 0.1) is 20.9 Å². The molecule has 0 aliphatic heterocycles. The molecule has 1 aromatic carbocycles. The van der Waals surface area contributed by atoms with Gasteiger partial charge in [-0.2, -0.15) is 0 Å². The molecule has 0 spiro atoms. The molecule has 24 heavy (non-hydrogen) atoms. The molecule has 0 atom stereocenters. The topological polar surface area (TPSA) is 38.7 Å². The first-order valence-electron chi connectivity index (χ1n) is 7.26. The highest BCUT2D eigenvalue weighted by atomic mass is 35.5. The Bertz CT molecular complexity index is 963. The normalized spacial score (nSPS) is 11.2. The van der Waals surface area contributed by atoms with E-state index in [0.29, 0.717) is 0 Å². The SMILES string of the molecule is Clc1ccc(Cc2nc(CSc3ncnc4ccsc34)cs2)cc1. The third-order valence-corrected chi connectivity index (χ3v) is 6.65. The number of benzene rings is 1. The van der Waals surface area contributed by atoms with Crippen molar-refractivity contribution in [3.8, 4) is 0 Å². The summed E-state index contributed by atoms with van der Waals surface area (Å²) in [6.45, 7) is 0. The van der Waals surface area contributed by atoms with Gasteiger partial charge in [0.2, 0.25) is 0 Å². The van der Waals surface area contributed by atoms with Crippen LogP contribution in [0.5, 0.6) is 0 Å². The molecule has 4 rings (SSSR count). The highest BCUT2D eigenvalue weighted by Crippen LogP contribution is 2.31. The number of nitrogens with zero attached hydrogens (tertiary/aromatic N) is 3. The molecule has 0 saturated carbocycles. The molecule has 3 heterocycles. The number of fused-ring (bicyclic) bond motifs is 1. The van der Waals surface area contributed by atoms with Crippen molar-refractivity contribution in [2.45, 2.75) is 17.2 Å². The van der Waals surface area contributed by atoms with E-state index in [2.05, 4.69) is 20.7 Å². The van der Waals surface area contributed by atoms with Crippen LogP contribution in [0.25, 0.3) is 10.2 Å². The van der Waals surface area contributed by atoms with Gasteiger partial charge in [0.15, 0.2) is 0 Å². The molecule has 0 unspecified atom stereocenters. The third-order valence-electron chi connectivity index (χ3n) is 3.44. The Morgan fingerprint density at radius 2 is 1.92 bits per heavy atom. The van der Waals surface area contributed by atoms with Crippen molar-refractivity contribution in [3.05, 3.63) is 68.7 Å². The quantitative estimate of drug-likeness (QED) is 0.325. The van der Waals surface area contributed by atoms with Gasteiger partial charge >= 0.3 is 0 Å². The number of thiazole rings is 1. The van der Waals surface area contributed by atoms with Gasteiger partial charge in [-0.05, 0) is 29.1 Å². The van der Waals surface area contributed by atoms with E-state index in [1.807, 2.05) is 30.3 Å². The standard InChI is InChI=1S/C17H12ClN3S3/c18-12-3-1-11(2-4-12)7-15-21-13(8-23-15)9-24-17-16-14(5-6-22-16)19-10-20-17/h1-6,8,10H,7,9H2. The monoisotopic (exact) mass is 389 g/mol. The van der Waals surface area contributed by atoms with Crippen LogP contribution in [0.4, 0.5) is 0 Å². The number of aromatic nitrogens is 3. The van der Waals surface area contributed by atoms with E-state index in [1.165, 1.54) is 5.56 Å². The number of hydrogen-bond acceptors (Lipinski definition) is 6. The molecule has 0 aliphatic rings. The first kappa shape index (κ1) is 16.0. The summed E-state index contributed by atoms with van der Waals surface area (Å²) >= 11 is 11.0. The molecule has 0 radical (unpaired) electrons. The lowest BCUT2D eigenvalue weighted by Crippen LogP contribution is -1.89. The zero-order chi connectivity index (χ0) is 16.4. The van der Waals surface area contributed by atoms with Crippen molar-refractivity contribution < 1.29 is 0 Å². The van der Waals surface area contributed by atoms with Gasteiger partial charge in [-0.3, -0.25) is 0 Å². The van der Waals surface area contributed by atoms with E-state index in [4.69, 9.17) is 16.6 Å². The third kappa shape index (κ3) is 3.62. The summed E-state index contributed by atoms with van der Waals surface area (Å²) in [5.41, 5.74) is 3.33. The van der Waals surface area contributed by atoms with E-state index in [-0.39, 0.29) is 0 Å². The molecule has 4 aromatic rings. The van der Waals surface area contributed by atoms with Gasteiger partial charge in [-0.25, -0.2) is 15.0 Å². The van der Waals surface area contributed by atoms with Crippen LogP contribution >= 0.6 is 46.0 Å². The average molecular weight is 390 g/mol. The van der Waals surface area contributed by atoms with Crippen LogP contribution in [0.3, 0.4) is 0 Å². The van der Waals surface area contributed by atoms with Crippen LogP contribution in [0.2, 0.25) is 5.02 Å². The Kier molecular flexibility index (Phi) is 4.80. The molecule has 0 aliphatic carbocycles. The van der Waals surface area contributed by atoms with Crippen LogP contribution in [-0.4, -0.2) is 15.0 Å². The Morgan fingerprint density at radius 1 is 1.04 bits per heavy atom. The summed E-state index contributed by atoms with van der Waals surface area (Å²) in [5.74, 6) is 0.821. The number of thiophene rings is 1. The number of halogens is 1. The van der Waals surface area contributed by atoms with Crippen molar-refractivity contribution >= 4 is 56.3 Å². The molecule has 3 aromatic heterocycles. The van der Waals surface area contributed by atoms with Gasteiger partial charge in [-0.1, -0.05) is 35.5 Å². The zero-order valence-corrected chi connectivity index (χ0v) is 15.7. The highest BCUT2D eigenvalue weighted by molar-refractivity contribution is 7.98. The fourth-order valence-electron chi connectivity index (χ4n) is 2.28. The second-order valence-corrected chi connectivity index (χ2v) is 8.40. The lowest BCUT2D eigenvalue weighted by Gasteiger charge is -2.00. The van der Waals surface area contributed by atoms with Crippen molar-refractivity contribution in [3.63, 3.8) is 0 Å². The molecule has 3 nitrogen and oxygen atoms in total. The number of rotatable bonds is 5. The predicted octanol–water partition coefficient (Wildman–Crippen LogP) is 5.68. The van der Waals surface area contributed by atoms with Gasteiger partial charge in [0.1, 0.15) is 11.4 Å². The lowest BCUT2D eigenvalue weighted by atomic mass is 10.2. The van der Waals surface area contributed by atoms with Crippen molar-refractivity contribution in [2.24, 2.45) is 0 Å².